The highest BCUT2D eigenvalue weighted by Gasteiger charge is 2.08. The van der Waals surface area contributed by atoms with Crippen LogP contribution in [0.3, 0.4) is 0 Å². The van der Waals surface area contributed by atoms with Crippen molar-refractivity contribution in [3.63, 3.8) is 0 Å². The van der Waals surface area contributed by atoms with Crippen LogP contribution in [0.4, 0.5) is 0 Å². The highest BCUT2D eigenvalue weighted by Crippen LogP contribution is 2.25. The van der Waals surface area contributed by atoms with E-state index in [1.54, 1.807) is 24.5 Å². The predicted octanol–water partition coefficient (Wildman–Crippen LogP) is 2.43. The Bertz CT molecular complexity index is 582. The van der Waals surface area contributed by atoms with Gasteiger partial charge in [0, 0.05) is 18.3 Å². The molecule has 0 radical (unpaired) electrons. The summed E-state index contributed by atoms with van der Waals surface area (Å²) >= 11 is 1.71. The molecule has 1 aromatic carbocycles. The number of hydrogen-bond donors (Lipinski definition) is 0. The van der Waals surface area contributed by atoms with Crippen LogP contribution >= 0.6 is 11.3 Å². The summed E-state index contributed by atoms with van der Waals surface area (Å²) in [5.74, 6) is -0.482. The van der Waals surface area contributed by atoms with Crippen LogP contribution in [-0.2, 0) is 11.2 Å². The van der Waals surface area contributed by atoms with E-state index in [9.17, 15) is 4.79 Å². The maximum Gasteiger partial charge on any atom is 0.324 e. The number of carbonyl (C=O) groups excluding carboxylic acids is 1. The Labute approximate surface area is 104 Å². The predicted molar refractivity (Wildman–Crippen MR) is 68.8 cm³/mol. The van der Waals surface area contributed by atoms with E-state index < -0.39 is 5.91 Å². The van der Waals surface area contributed by atoms with Gasteiger partial charge in [-0.1, -0.05) is 18.2 Å². The van der Waals surface area contributed by atoms with Crippen LogP contribution in [0.5, 0.6) is 0 Å². The van der Waals surface area contributed by atoms with Crippen molar-refractivity contribution in [3.8, 4) is 6.07 Å². The fraction of sp³-hybridized carbons (Fsp3) is 0.231. The summed E-state index contributed by atoms with van der Waals surface area (Å²) in [4.78, 5) is 12.6. The molecular weight excluding hydrogens is 232 g/mol. The number of amides is 1. The Morgan fingerprint density at radius 3 is 3.00 bits per heavy atom. The minimum absolute atomic E-state index is 0.482. The molecule has 0 aliphatic carbocycles. The Morgan fingerprint density at radius 2 is 2.24 bits per heavy atom. The first-order valence-corrected chi connectivity index (χ1v) is 6.20. The number of nitriles is 1. The van der Waals surface area contributed by atoms with Gasteiger partial charge in [-0.2, -0.15) is 5.26 Å². The van der Waals surface area contributed by atoms with Gasteiger partial charge in [-0.25, -0.2) is 0 Å². The van der Waals surface area contributed by atoms with Crippen molar-refractivity contribution in [2.75, 3.05) is 13.6 Å². The molecule has 1 aromatic heterocycles. The lowest BCUT2D eigenvalue weighted by molar-refractivity contribution is -0.124. The van der Waals surface area contributed by atoms with E-state index in [-0.39, 0.29) is 0 Å². The lowest BCUT2D eigenvalue weighted by Crippen LogP contribution is -2.27. The summed E-state index contributed by atoms with van der Waals surface area (Å²) in [7, 11) is 1.65. The number of benzene rings is 1. The molecule has 86 valence electrons. The van der Waals surface area contributed by atoms with E-state index in [1.165, 1.54) is 20.5 Å². The normalized spacial score (nSPS) is 10.1. The molecule has 1 amide bonds. The van der Waals surface area contributed by atoms with Crippen molar-refractivity contribution in [2.24, 2.45) is 0 Å². The summed E-state index contributed by atoms with van der Waals surface area (Å²) in [6.07, 6.45) is 0.786. The van der Waals surface area contributed by atoms with Gasteiger partial charge in [0.2, 0.25) is 0 Å². The third-order valence-electron chi connectivity index (χ3n) is 2.72. The van der Waals surface area contributed by atoms with Gasteiger partial charge in [-0.05, 0) is 28.8 Å². The molecule has 0 N–H and O–H groups in total. The molecule has 0 saturated heterocycles. The van der Waals surface area contributed by atoms with E-state index in [2.05, 4.69) is 17.5 Å². The molecule has 17 heavy (non-hydrogen) atoms. The minimum atomic E-state index is -0.482. The molecule has 2 aromatic rings. The number of rotatable bonds is 3. The molecule has 0 atom stereocenters. The average Bonchev–Trinajstić information content (AvgIpc) is 2.78. The van der Waals surface area contributed by atoms with Gasteiger partial charge in [0.15, 0.2) is 6.07 Å². The molecule has 2 rings (SSSR count). The monoisotopic (exact) mass is 244 g/mol. The summed E-state index contributed by atoms with van der Waals surface area (Å²) < 4.78 is 1.26. The van der Waals surface area contributed by atoms with E-state index in [4.69, 9.17) is 5.26 Å². The van der Waals surface area contributed by atoms with Gasteiger partial charge < -0.3 is 4.90 Å². The first-order chi connectivity index (χ1) is 8.22. The summed E-state index contributed by atoms with van der Waals surface area (Å²) in [6.45, 7) is 0.577. The average molecular weight is 244 g/mol. The quantitative estimate of drug-likeness (QED) is 0.778. The van der Waals surface area contributed by atoms with Crippen molar-refractivity contribution in [1.29, 1.82) is 5.26 Å². The molecule has 4 heteroatoms. The summed E-state index contributed by atoms with van der Waals surface area (Å²) in [6, 6.07) is 9.84. The van der Waals surface area contributed by atoms with Gasteiger partial charge in [0.25, 0.3) is 0 Å². The second-order valence-electron chi connectivity index (χ2n) is 3.85. The van der Waals surface area contributed by atoms with Crippen molar-refractivity contribution in [2.45, 2.75) is 6.42 Å². The molecule has 0 aliphatic rings. The molecule has 0 spiro atoms. The van der Waals surface area contributed by atoms with Crippen LogP contribution in [0.15, 0.2) is 29.6 Å². The van der Waals surface area contributed by atoms with E-state index >= 15 is 0 Å². The van der Waals surface area contributed by atoms with Gasteiger partial charge in [0.05, 0.1) is 0 Å². The van der Waals surface area contributed by atoms with Gasteiger partial charge in [0.1, 0.15) is 0 Å². The van der Waals surface area contributed by atoms with Gasteiger partial charge >= 0.3 is 5.91 Å². The summed E-state index contributed by atoms with van der Waals surface area (Å²) in [5, 5.41) is 11.9. The minimum Gasteiger partial charge on any atom is -0.333 e. The maximum absolute atomic E-state index is 11.1. The topological polar surface area (TPSA) is 44.1 Å². The molecule has 0 saturated carbocycles. The smallest absolute Gasteiger partial charge is 0.324 e. The van der Waals surface area contributed by atoms with E-state index in [1.807, 2.05) is 12.1 Å². The fourth-order valence-electron chi connectivity index (χ4n) is 1.70. The first kappa shape index (κ1) is 11.6. The van der Waals surface area contributed by atoms with Crippen LogP contribution in [0.1, 0.15) is 5.56 Å². The van der Waals surface area contributed by atoms with Gasteiger partial charge in [-0.3, -0.25) is 4.79 Å². The number of fused-ring (bicyclic) bond motifs is 1. The standard InChI is InChI=1S/C13H12N2OS/c1-15(13(16)8-14)7-6-10-9-17-12-5-3-2-4-11(10)12/h2-5,9H,6-7H2,1H3. The van der Waals surface area contributed by atoms with Gasteiger partial charge in [-0.15, -0.1) is 11.3 Å². The van der Waals surface area contributed by atoms with Crippen molar-refractivity contribution >= 4 is 27.3 Å². The first-order valence-electron chi connectivity index (χ1n) is 5.32. The molecule has 0 aliphatic heterocycles. The molecule has 1 heterocycles. The Balaban J connectivity index is 2.10. The number of hydrogen-bond acceptors (Lipinski definition) is 3. The molecule has 0 bridgehead atoms. The van der Waals surface area contributed by atoms with Crippen molar-refractivity contribution in [3.05, 3.63) is 35.2 Å². The molecule has 3 nitrogen and oxygen atoms in total. The van der Waals surface area contributed by atoms with E-state index in [0.717, 1.165) is 6.42 Å². The SMILES string of the molecule is CN(CCc1csc2ccccc12)C(=O)C#N. The highest BCUT2D eigenvalue weighted by molar-refractivity contribution is 7.17. The highest BCUT2D eigenvalue weighted by atomic mass is 32.1. The third-order valence-corrected chi connectivity index (χ3v) is 3.73. The maximum atomic E-state index is 11.1. The number of nitrogens with zero attached hydrogens (tertiary/aromatic N) is 2. The largest absolute Gasteiger partial charge is 0.333 e. The zero-order chi connectivity index (χ0) is 12.3. The van der Waals surface area contributed by atoms with Crippen LogP contribution in [-0.4, -0.2) is 24.4 Å². The van der Waals surface area contributed by atoms with Crippen LogP contribution in [0, 0.1) is 11.3 Å². The van der Waals surface area contributed by atoms with Crippen molar-refractivity contribution < 1.29 is 4.79 Å². The Hall–Kier alpha value is -1.86. The van der Waals surface area contributed by atoms with E-state index in [0.29, 0.717) is 6.54 Å². The lowest BCUT2D eigenvalue weighted by Gasteiger charge is -2.12. The van der Waals surface area contributed by atoms with Crippen LogP contribution in [0.25, 0.3) is 10.1 Å². The molecular formula is C13H12N2OS. The second-order valence-corrected chi connectivity index (χ2v) is 4.76. The number of likely N-dealkylation sites (N-methyl/N-ethyl adjacent to an activating group) is 1. The number of thiophene rings is 1. The van der Waals surface area contributed by atoms with Crippen LogP contribution in [0.2, 0.25) is 0 Å². The molecule has 0 unspecified atom stereocenters. The molecule has 0 fully saturated rings. The Kier molecular flexibility index (Phi) is 3.40. The number of carbonyl (C=O) groups is 1. The second kappa shape index (κ2) is 4.98. The zero-order valence-electron chi connectivity index (χ0n) is 9.51. The zero-order valence-corrected chi connectivity index (χ0v) is 10.3. The lowest BCUT2D eigenvalue weighted by atomic mass is 10.1. The van der Waals surface area contributed by atoms with Crippen molar-refractivity contribution in [1.82, 2.24) is 4.90 Å². The Morgan fingerprint density at radius 1 is 1.47 bits per heavy atom. The summed E-state index contributed by atoms with van der Waals surface area (Å²) in [5.41, 5.74) is 1.24. The van der Waals surface area contributed by atoms with Crippen LogP contribution < -0.4 is 0 Å². The third kappa shape index (κ3) is 2.45. The fourth-order valence-corrected chi connectivity index (χ4v) is 2.70.